The van der Waals surface area contributed by atoms with E-state index < -0.39 is 10.0 Å². The van der Waals surface area contributed by atoms with Crippen molar-refractivity contribution in [1.82, 2.24) is 9.88 Å². The number of hydrogen-bond acceptors (Lipinski definition) is 7. The summed E-state index contributed by atoms with van der Waals surface area (Å²) in [7, 11) is -3.37. The van der Waals surface area contributed by atoms with E-state index in [1.165, 1.54) is 0 Å². The molecular formula is C11H17N3O5S2. The smallest absolute Gasteiger partial charge is 0.231 e. The lowest BCUT2D eigenvalue weighted by Crippen LogP contribution is -2.47. The summed E-state index contributed by atoms with van der Waals surface area (Å²) in [6.45, 7) is 1.11. The number of aliphatic hydroxyl groups is 1. The molecule has 1 amide bonds. The third kappa shape index (κ3) is 4.92. The Bertz CT molecular complexity index is 601. The van der Waals surface area contributed by atoms with Gasteiger partial charge in [0.25, 0.3) is 0 Å². The summed E-state index contributed by atoms with van der Waals surface area (Å²) in [6, 6.07) is 0. The number of amides is 1. The van der Waals surface area contributed by atoms with Crippen molar-refractivity contribution in [2.45, 2.75) is 12.5 Å². The molecule has 8 nitrogen and oxygen atoms in total. The Morgan fingerprint density at radius 1 is 1.67 bits per heavy atom. The molecule has 2 heterocycles. The standard InChI is InChI=1S/C11H17N3O5S2/c1-21(17,18)13-11-12-8(7-20-11)4-10(16)14-2-3-19-9(5-14)6-15/h7,9,15H,2-6H2,1H3,(H,12,13). The molecule has 0 aromatic carbocycles. The molecule has 1 aliphatic heterocycles. The average Bonchev–Trinajstić information content (AvgIpc) is 2.83. The Balaban J connectivity index is 1.93. The Morgan fingerprint density at radius 2 is 2.43 bits per heavy atom. The molecule has 2 N–H and O–H groups in total. The molecule has 1 aliphatic rings. The van der Waals surface area contributed by atoms with Gasteiger partial charge in [-0.25, -0.2) is 13.4 Å². The van der Waals surface area contributed by atoms with Gasteiger partial charge >= 0.3 is 0 Å². The fourth-order valence-electron chi connectivity index (χ4n) is 1.92. The van der Waals surface area contributed by atoms with Crippen LogP contribution < -0.4 is 4.72 Å². The zero-order chi connectivity index (χ0) is 15.5. The van der Waals surface area contributed by atoms with Gasteiger partial charge in [0.05, 0.1) is 37.7 Å². The Hall–Kier alpha value is -1.23. The number of ether oxygens (including phenoxy) is 1. The Labute approximate surface area is 126 Å². The van der Waals surface area contributed by atoms with Crippen molar-refractivity contribution < 1.29 is 23.1 Å². The fraction of sp³-hybridized carbons (Fsp3) is 0.636. The number of rotatable bonds is 5. The molecule has 118 valence electrons. The molecule has 0 bridgehead atoms. The lowest BCUT2D eigenvalue weighted by Gasteiger charge is -2.31. The normalized spacial score (nSPS) is 19.5. The monoisotopic (exact) mass is 335 g/mol. The Kier molecular flexibility index (Phi) is 5.14. The van der Waals surface area contributed by atoms with E-state index in [2.05, 4.69) is 9.71 Å². The molecule has 1 fully saturated rings. The summed E-state index contributed by atoms with van der Waals surface area (Å²) in [5.74, 6) is -0.118. The van der Waals surface area contributed by atoms with Gasteiger partial charge in [-0.15, -0.1) is 11.3 Å². The van der Waals surface area contributed by atoms with Crippen molar-refractivity contribution in [2.75, 3.05) is 37.3 Å². The molecule has 0 aliphatic carbocycles. The van der Waals surface area contributed by atoms with Crippen molar-refractivity contribution in [3.8, 4) is 0 Å². The predicted molar refractivity (Wildman–Crippen MR) is 77.7 cm³/mol. The van der Waals surface area contributed by atoms with Crippen LogP contribution in [0, 0.1) is 0 Å². The van der Waals surface area contributed by atoms with Gasteiger partial charge in [0.15, 0.2) is 5.13 Å². The quantitative estimate of drug-likeness (QED) is 0.735. The van der Waals surface area contributed by atoms with Crippen LogP contribution >= 0.6 is 11.3 Å². The van der Waals surface area contributed by atoms with Gasteiger partial charge in [0.2, 0.25) is 15.9 Å². The summed E-state index contributed by atoms with van der Waals surface area (Å²) >= 11 is 1.13. The maximum atomic E-state index is 12.1. The predicted octanol–water partition coefficient (Wildman–Crippen LogP) is -0.723. The number of aliphatic hydroxyl groups excluding tert-OH is 1. The molecular weight excluding hydrogens is 318 g/mol. The summed E-state index contributed by atoms with van der Waals surface area (Å²) in [6.07, 6.45) is 0.794. The van der Waals surface area contributed by atoms with E-state index in [4.69, 9.17) is 9.84 Å². The maximum Gasteiger partial charge on any atom is 0.231 e. The van der Waals surface area contributed by atoms with Crippen LogP contribution in [-0.4, -0.2) is 68.0 Å². The van der Waals surface area contributed by atoms with Crippen molar-refractivity contribution in [2.24, 2.45) is 0 Å². The van der Waals surface area contributed by atoms with Gasteiger partial charge < -0.3 is 14.7 Å². The highest BCUT2D eigenvalue weighted by molar-refractivity contribution is 7.92. The lowest BCUT2D eigenvalue weighted by atomic mass is 10.2. The number of nitrogens with one attached hydrogen (secondary N) is 1. The molecule has 0 radical (unpaired) electrons. The number of aromatic nitrogens is 1. The van der Waals surface area contributed by atoms with Crippen LogP contribution in [0.3, 0.4) is 0 Å². The van der Waals surface area contributed by atoms with E-state index in [0.717, 1.165) is 17.6 Å². The summed E-state index contributed by atoms with van der Waals surface area (Å²) in [5, 5.41) is 10.9. The van der Waals surface area contributed by atoms with Crippen LogP contribution in [0.2, 0.25) is 0 Å². The van der Waals surface area contributed by atoms with Crippen molar-refractivity contribution in [1.29, 1.82) is 0 Å². The molecule has 1 saturated heterocycles. The lowest BCUT2D eigenvalue weighted by molar-refractivity contribution is -0.139. The van der Waals surface area contributed by atoms with E-state index in [0.29, 0.717) is 25.4 Å². The molecule has 1 unspecified atom stereocenters. The Morgan fingerprint density at radius 3 is 3.10 bits per heavy atom. The largest absolute Gasteiger partial charge is 0.394 e. The first-order chi connectivity index (χ1) is 9.87. The highest BCUT2D eigenvalue weighted by Gasteiger charge is 2.24. The first kappa shape index (κ1) is 16.1. The van der Waals surface area contributed by atoms with Crippen LogP contribution in [0.5, 0.6) is 0 Å². The van der Waals surface area contributed by atoms with Gasteiger partial charge in [-0.2, -0.15) is 0 Å². The number of hydrogen-bond donors (Lipinski definition) is 2. The number of carbonyl (C=O) groups is 1. The van der Waals surface area contributed by atoms with Crippen molar-refractivity contribution in [3.05, 3.63) is 11.1 Å². The summed E-state index contributed by atoms with van der Waals surface area (Å²) in [4.78, 5) is 17.8. The van der Waals surface area contributed by atoms with Gasteiger partial charge in [-0.1, -0.05) is 0 Å². The molecule has 0 saturated carbocycles. The number of morpholine rings is 1. The van der Waals surface area contributed by atoms with Crippen LogP contribution in [0.4, 0.5) is 5.13 Å². The number of carbonyl (C=O) groups excluding carboxylic acids is 1. The van der Waals surface area contributed by atoms with Crippen molar-refractivity contribution >= 4 is 32.4 Å². The number of anilines is 1. The summed E-state index contributed by atoms with van der Waals surface area (Å²) in [5.41, 5.74) is 0.517. The van der Waals surface area contributed by atoms with Gasteiger partial charge in [-0.3, -0.25) is 9.52 Å². The topological polar surface area (TPSA) is 109 Å². The van der Waals surface area contributed by atoms with Gasteiger partial charge in [0, 0.05) is 18.5 Å². The molecule has 1 aromatic rings. The molecule has 10 heteroatoms. The zero-order valence-corrected chi connectivity index (χ0v) is 13.1. The van der Waals surface area contributed by atoms with E-state index in [1.807, 2.05) is 0 Å². The minimum atomic E-state index is -3.37. The number of thiazole rings is 1. The van der Waals surface area contributed by atoms with E-state index >= 15 is 0 Å². The minimum absolute atomic E-state index is 0.0973. The first-order valence-corrected chi connectivity index (χ1v) is 9.07. The van der Waals surface area contributed by atoms with Crippen molar-refractivity contribution in [3.63, 3.8) is 0 Å². The zero-order valence-electron chi connectivity index (χ0n) is 11.5. The van der Waals surface area contributed by atoms with Gasteiger partial charge in [0.1, 0.15) is 0 Å². The third-order valence-corrected chi connectivity index (χ3v) is 4.35. The van der Waals surface area contributed by atoms with E-state index in [9.17, 15) is 13.2 Å². The van der Waals surface area contributed by atoms with Crippen LogP contribution in [-0.2, 0) is 26.0 Å². The third-order valence-electron chi connectivity index (χ3n) is 2.85. The SMILES string of the molecule is CS(=O)(=O)Nc1nc(CC(=O)N2CCOC(CO)C2)cs1. The van der Waals surface area contributed by atoms with E-state index in [1.54, 1.807) is 10.3 Å². The minimum Gasteiger partial charge on any atom is -0.394 e. The van der Waals surface area contributed by atoms with Gasteiger partial charge in [-0.05, 0) is 0 Å². The maximum absolute atomic E-state index is 12.1. The molecule has 0 spiro atoms. The molecule has 2 rings (SSSR count). The van der Waals surface area contributed by atoms with Crippen LogP contribution in [0.15, 0.2) is 5.38 Å². The second-order valence-electron chi connectivity index (χ2n) is 4.71. The highest BCUT2D eigenvalue weighted by Crippen LogP contribution is 2.17. The van der Waals surface area contributed by atoms with Crippen LogP contribution in [0.1, 0.15) is 5.69 Å². The average molecular weight is 335 g/mol. The first-order valence-electron chi connectivity index (χ1n) is 6.30. The summed E-state index contributed by atoms with van der Waals surface area (Å²) < 4.78 is 29.7. The van der Waals surface area contributed by atoms with Crippen LogP contribution in [0.25, 0.3) is 0 Å². The fourth-order valence-corrected chi connectivity index (χ4v) is 3.48. The highest BCUT2D eigenvalue weighted by atomic mass is 32.2. The molecule has 1 atom stereocenters. The second kappa shape index (κ2) is 6.69. The second-order valence-corrected chi connectivity index (χ2v) is 7.32. The number of nitrogens with zero attached hydrogens (tertiary/aromatic N) is 2. The molecule has 21 heavy (non-hydrogen) atoms. The van der Waals surface area contributed by atoms with E-state index in [-0.39, 0.29) is 30.2 Å². The molecule has 1 aromatic heterocycles. The number of sulfonamides is 1.